The van der Waals surface area contributed by atoms with E-state index in [2.05, 4.69) is 47.6 Å². The molecular weight excluding hydrogens is 412 g/mol. The van der Waals surface area contributed by atoms with Crippen LogP contribution in [0.4, 0.5) is 0 Å². The van der Waals surface area contributed by atoms with Crippen molar-refractivity contribution in [3.05, 3.63) is 11.6 Å². The minimum absolute atomic E-state index is 0.445. The Labute approximate surface area is 214 Å². The van der Waals surface area contributed by atoms with E-state index in [1.807, 2.05) is 13.8 Å². The highest BCUT2D eigenvalue weighted by Gasteiger charge is 2.60. The zero-order valence-electron chi connectivity index (χ0n) is 24.4. The van der Waals surface area contributed by atoms with Crippen molar-refractivity contribution in [1.29, 1.82) is 0 Å². The van der Waals surface area contributed by atoms with E-state index in [4.69, 9.17) is 4.74 Å². The molecule has 0 spiro atoms. The number of hydrogen-bond acceptors (Lipinski definition) is 1. The second-order valence-electron chi connectivity index (χ2n) is 13.4. The van der Waals surface area contributed by atoms with Crippen molar-refractivity contribution in [2.24, 2.45) is 52.3 Å². The molecule has 1 heteroatoms. The van der Waals surface area contributed by atoms with Gasteiger partial charge in [0.15, 0.2) is 0 Å². The van der Waals surface area contributed by atoms with Crippen LogP contribution in [0.2, 0.25) is 0 Å². The quantitative estimate of drug-likeness (QED) is 0.335. The minimum Gasteiger partial charge on any atom is -0.377 e. The molecule has 1 heterocycles. The first-order chi connectivity index (χ1) is 16.3. The minimum atomic E-state index is 0.445. The second-order valence-corrected chi connectivity index (χ2v) is 13.4. The maximum atomic E-state index is 5.90. The molecule has 0 aromatic heterocycles. The van der Waals surface area contributed by atoms with Crippen LogP contribution < -0.4 is 0 Å². The van der Waals surface area contributed by atoms with Crippen molar-refractivity contribution in [2.75, 3.05) is 13.2 Å². The van der Waals surface area contributed by atoms with Crippen LogP contribution in [0.1, 0.15) is 132 Å². The summed E-state index contributed by atoms with van der Waals surface area (Å²) in [6, 6.07) is 0. The molecule has 34 heavy (non-hydrogen) atoms. The largest absolute Gasteiger partial charge is 0.377 e. The normalized spacial score (nSPS) is 42.1. The highest BCUT2D eigenvalue weighted by atomic mass is 16.5. The Morgan fingerprint density at radius 1 is 1.00 bits per heavy atom. The van der Waals surface area contributed by atoms with Crippen LogP contribution in [0.15, 0.2) is 11.6 Å². The summed E-state index contributed by atoms with van der Waals surface area (Å²) < 4.78 is 5.90. The van der Waals surface area contributed by atoms with Crippen molar-refractivity contribution >= 4 is 0 Å². The Morgan fingerprint density at radius 3 is 2.47 bits per heavy atom. The molecule has 3 saturated carbocycles. The second kappa shape index (κ2) is 12.3. The van der Waals surface area contributed by atoms with Gasteiger partial charge in [-0.1, -0.05) is 99.1 Å². The summed E-state index contributed by atoms with van der Waals surface area (Å²) in [6.45, 7) is 21.1. The van der Waals surface area contributed by atoms with Gasteiger partial charge in [-0.15, -0.1) is 0 Å². The van der Waals surface area contributed by atoms with Gasteiger partial charge < -0.3 is 4.74 Å². The van der Waals surface area contributed by atoms with Crippen LogP contribution in [0.5, 0.6) is 0 Å². The van der Waals surface area contributed by atoms with Crippen LogP contribution in [0.3, 0.4) is 0 Å². The first-order valence-corrected chi connectivity index (χ1v) is 15.6. The molecule has 8 atom stereocenters. The summed E-state index contributed by atoms with van der Waals surface area (Å²) in [6.07, 6.45) is 19.6. The molecule has 0 saturated heterocycles. The lowest BCUT2D eigenvalue weighted by atomic mass is 9.44. The fourth-order valence-electron chi connectivity index (χ4n) is 9.62. The molecular formula is C33H60O. The predicted molar refractivity (Wildman–Crippen MR) is 149 cm³/mol. The summed E-state index contributed by atoms with van der Waals surface area (Å²) in [5.74, 6) is 6.54. The average Bonchev–Trinajstić information content (AvgIpc) is 3.15. The first-order valence-electron chi connectivity index (χ1n) is 15.6. The Bertz CT molecular complexity index is 649. The lowest BCUT2D eigenvalue weighted by Crippen LogP contribution is -2.53. The van der Waals surface area contributed by atoms with Crippen molar-refractivity contribution in [3.63, 3.8) is 0 Å². The molecule has 0 aromatic carbocycles. The monoisotopic (exact) mass is 472 g/mol. The van der Waals surface area contributed by atoms with Gasteiger partial charge in [0.1, 0.15) is 0 Å². The van der Waals surface area contributed by atoms with E-state index in [1.165, 1.54) is 77.0 Å². The number of rotatable bonds is 7. The van der Waals surface area contributed by atoms with Gasteiger partial charge in [-0.05, 0) is 97.2 Å². The molecule has 0 aromatic rings. The van der Waals surface area contributed by atoms with E-state index in [0.717, 1.165) is 54.6 Å². The zero-order chi connectivity index (χ0) is 24.9. The fourth-order valence-corrected chi connectivity index (χ4v) is 9.62. The SMILES string of the molecule is CC.CCC[C@H]1C/C2=C/COCCC[C@]2(C)C2CC[C@]3(C)C(C(C)CCCC(C)C)CCC3C21. The van der Waals surface area contributed by atoms with E-state index >= 15 is 0 Å². The molecule has 198 valence electrons. The molecule has 1 aliphatic heterocycles. The summed E-state index contributed by atoms with van der Waals surface area (Å²) in [4.78, 5) is 0. The highest BCUT2D eigenvalue weighted by Crippen LogP contribution is 2.69. The van der Waals surface area contributed by atoms with Gasteiger partial charge in [0.05, 0.1) is 6.61 Å². The van der Waals surface area contributed by atoms with Crippen molar-refractivity contribution in [2.45, 2.75) is 132 Å². The molecule has 4 aliphatic rings. The maximum Gasteiger partial charge on any atom is 0.0650 e. The third-order valence-corrected chi connectivity index (χ3v) is 11.2. The van der Waals surface area contributed by atoms with Crippen molar-refractivity contribution < 1.29 is 4.74 Å². The van der Waals surface area contributed by atoms with Gasteiger partial charge in [0.2, 0.25) is 0 Å². The molecule has 0 radical (unpaired) electrons. The van der Waals surface area contributed by atoms with E-state index in [9.17, 15) is 0 Å². The third kappa shape index (κ3) is 5.50. The van der Waals surface area contributed by atoms with Gasteiger partial charge in [0, 0.05) is 6.61 Å². The molecule has 1 nitrogen and oxygen atoms in total. The van der Waals surface area contributed by atoms with Crippen LogP contribution in [0, 0.1) is 52.3 Å². The number of ether oxygens (including phenoxy) is 1. The summed E-state index contributed by atoms with van der Waals surface area (Å²) in [5.41, 5.74) is 2.84. The van der Waals surface area contributed by atoms with E-state index in [-0.39, 0.29) is 0 Å². The van der Waals surface area contributed by atoms with E-state index < -0.39 is 0 Å². The summed E-state index contributed by atoms with van der Waals surface area (Å²) >= 11 is 0. The smallest absolute Gasteiger partial charge is 0.0650 e. The molecule has 0 bridgehead atoms. The third-order valence-electron chi connectivity index (χ3n) is 11.2. The summed E-state index contributed by atoms with van der Waals surface area (Å²) in [5, 5.41) is 0. The maximum absolute atomic E-state index is 5.90. The Hall–Kier alpha value is -0.300. The molecule has 3 fully saturated rings. The highest BCUT2D eigenvalue weighted by molar-refractivity contribution is 5.24. The Balaban J connectivity index is 0.00000158. The van der Waals surface area contributed by atoms with Crippen LogP contribution >= 0.6 is 0 Å². The van der Waals surface area contributed by atoms with Gasteiger partial charge >= 0.3 is 0 Å². The lowest BCUT2D eigenvalue weighted by molar-refractivity contribution is -0.0872. The molecule has 4 rings (SSSR count). The van der Waals surface area contributed by atoms with Gasteiger partial charge in [-0.2, -0.15) is 0 Å². The lowest BCUT2D eigenvalue weighted by Gasteiger charge is -2.61. The standard InChI is InChI=1S/C31H54O.C2H6/c1-7-10-24-21-25-16-20-32-19-9-17-30(25,5)28-15-18-31(6)26(13-14-27(31)29(24)28)23(4)12-8-11-22(2)3;1-2/h16,22-24,26-29H,7-15,17-21H2,1-6H3;1-2H3/b25-16-;/t23?,24-,26?,27?,28?,29?,30-,31+;/m0./s1. The van der Waals surface area contributed by atoms with Gasteiger partial charge in [0.25, 0.3) is 0 Å². The molecule has 0 N–H and O–H groups in total. The van der Waals surface area contributed by atoms with Gasteiger partial charge in [-0.25, -0.2) is 0 Å². The van der Waals surface area contributed by atoms with E-state index in [1.54, 1.807) is 5.57 Å². The Morgan fingerprint density at radius 2 is 1.76 bits per heavy atom. The fraction of sp³-hybridized carbons (Fsp3) is 0.939. The predicted octanol–water partition coefficient (Wildman–Crippen LogP) is 10.1. The molecule has 5 unspecified atom stereocenters. The van der Waals surface area contributed by atoms with Crippen molar-refractivity contribution in [3.8, 4) is 0 Å². The van der Waals surface area contributed by atoms with Crippen LogP contribution in [0.25, 0.3) is 0 Å². The number of fused-ring (bicyclic) bond motifs is 5. The van der Waals surface area contributed by atoms with Gasteiger partial charge in [-0.3, -0.25) is 0 Å². The summed E-state index contributed by atoms with van der Waals surface area (Å²) in [7, 11) is 0. The first kappa shape index (κ1) is 28.3. The topological polar surface area (TPSA) is 9.23 Å². The molecule has 0 amide bonds. The zero-order valence-corrected chi connectivity index (χ0v) is 24.4. The van der Waals surface area contributed by atoms with E-state index in [0.29, 0.717) is 10.8 Å². The van der Waals surface area contributed by atoms with Crippen LogP contribution in [-0.4, -0.2) is 13.2 Å². The average molecular weight is 473 g/mol. The number of hydrogen-bond donors (Lipinski definition) is 0. The van der Waals surface area contributed by atoms with Crippen LogP contribution in [-0.2, 0) is 4.74 Å². The van der Waals surface area contributed by atoms with Crippen molar-refractivity contribution in [1.82, 2.24) is 0 Å². The Kier molecular flexibility index (Phi) is 10.2. The molecule has 3 aliphatic carbocycles. The number of allylic oxidation sites excluding steroid dienone is 1.